The Bertz CT molecular complexity index is 1250. The highest BCUT2D eigenvalue weighted by molar-refractivity contribution is 7.98. The summed E-state index contributed by atoms with van der Waals surface area (Å²) in [5, 5.41) is 14.9. The molecule has 0 atom stereocenters. The molecule has 0 bridgehead atoms. The number of aromatic nitrogens is 2. The van der Waals surface area contributed by atoms with Gasteiger partial charge in [-0.15, -0.1) is 11.8 Å². The Morgan fingerprint density at radius 2 is 1.70 bits per heavy atom. The molecule has 0 unspecified atom stereocenters. The number of hydrogen-bond donors (Lipinski definition) is 1. The van der Waals surface area contributed by atoms with Crippen LogP contribution in [0.3, 0.4) is 0 Å². The number of carboxylic acid groups (broad SMARTS) is 1. The number of carboxylic acids is 1. The zero-order chi connectivity index (χ0) is 20.7. The first-order chi connectivity index (χ1) is 14.7. The minimum absolute atomic E-state index is 0.380. The Labute approximate surface area is 179 Å². The first-order valence-corrected chi connectivity index (χ1v) is 11.1. The molecule has 5 heteroatoms. The van der Waals surface area contributed by atoms with Gasteiger partial charge >= 0.3 is 5.97 Å². The summed E-state index contributed by atoms with van der Waals surface area (Å²) >= 11 is 1.48. The summed E-state index contributed by atoms with van der Waals surface area (Å²) in [6.45, 7) is 0. The van der Waals surface area contributed by atoms with Gasteiger partial charge in [0.25, 0.3) is 0 Å². The summed E-state index contributed by atoms with van der Waals surface area (Å²) in [5.74, 6) is -0.893. The van der Waals surface area contributed by atoms with Crippen LogP contribution in [0.5, 0.6) is 0 Å². The Hall–Kier alpha value is -3.31. The van der Waals surface area contributed by atoms with Crippen molar-refractivity contribution in [2.24, 2.45) is 0 Å². The summed E-state index contributed by atoms with van der Waals surface area (Å²) in [4.78, 5) is 13.1. The smallest absolute Gasteiger partial charge is 0.337 e. The molecular weight excluding hydrogens is 392 g/mol. The van der Waals surface area contributed by atoms with Crippen LogP contribution in [-0.2, 0) is 12.8 Å². The monoisotopic (exact) mass is 412 g/mol. The molecule has 1 heterocycles. The van der Waals surface area contributed by atoms with Gasteiger partial charge < -0.3 is 5.11 Å². The molecule has 1 N–H and O–H groups in total. The molecule has 148 valence electrons. The quantitative estimate of drug-likeness (QED) is 0.435. The van der Waals surface area contributed by atoms with Crippen molar-refractivity contribution in [1.82, 2.24) is 9.78 Å². The molecule has 1 aromatic heterocycles. The van der Waals surface area contributed by atoms with Crippen LogP contribution in [0.4, 0.5) is 0 Å². The third kappa shape index (κ3) is 3.02. The van der Waals surface area contributed by atoms with Gasteiger partial charge in [0.1, 0.15) is 0 Å². The number of aryl methyl sites for hydroxylation is 1. The van der Waals surface area contributed by atoms with E-state index in [2.05, 4.69) is 12.1 Å². The molecule has 30 heavy (non-hydrogen) atoms. The highest BCUT2D eigenvalue weighted by Gasteiger charge is 2.30. The van der Waals surface area contributed by atoms with Crippen LogP contribution in [-0.4, -0.2) is 27.1 Å². The predicted molar refractivity (Wildman–Crippen MR) is 121 cm³/mol. The molecule has 3 aromatic carbocycles. The van der Waals surface area contributed by atoms with Crippen molar-refractivity contribution in [2.75, 3.05) is 6.26 Å². The van der Waals surface area contributed by atoms with Crippen molar-refractivity contribution in [3.63, 3.8) is 0 Å². The van der Waals surface area contributed by atoms with Crippen LogP contribution in [0.25, 0.3) is 27.9 Å². The number of hydrogen-bond acceptors (Lipinski definition) is 3. The molecule has 0 amide bonds. The molecule has 0 aliphatic heterocycles. The number of nitrogens with zero attached hydrogens (tertiary/aromatic N) is 2. The highest BCUT2D eigenvalue weighted by Crippen LogP contribution is 2.44. The Morgan fingerprint density at radius 1 is 1.00 bits per heavy atom. The average Bonchev–Trinajstić information content (AvgIpc) is 3.23. The third-order valence-electron chi connectivity index (χ3n) is 5.61. The molecule has 1 aliphatic rings. The maximum atomic E-state index is 12.3. The van der Waals surface area contributed by atoms with Gasteiger partial charge in [0, 0.05) is 22.2 Å². The Kier molecular flexibility index (Phi) is 4.68. The maximum absolute atomic E-state index is 12.3. The van der Waals surface area contributed by atoms with E-state index in [1.54, 1.807) is 0 Å². The first-order valence-electron chi connectivity index (χ1n) is 9.84. The highest BCUT2D eigenvalue weighted by atomic mass is 32.2. The van der Waals surface area contributed by atoms with E-state index in [1.807, 2.05) is 71.7 Å². The second kappa shape index (κ2) is 7.50. The van der Waals surface area contributed by atoms with E-state index in [1.165, 1.54) is 11.8 Å². The molecule has 1 aliphatic carbocycles. The predicted octanol–water partition coefficient (Wildman–Crippen LogP) is 5.73. The third-order valence-corrected chi connectivity index (χ3v) is 6.37. The van der Waals surface area contributed by atoms with Crippen molar-refractivity contribution in [2.45, 2.75) is 17.7 Å². The number of carbonyl (C=O) groups is 1. The second-order valence-electron chi connectivity index (χ2n) is 7.30. The molecule has 5 rings (SSSR count). The molecule has 0 radical (unpaired) electrons. The van der Waals surface area contributed by atoms with Gasteiger partial charge in [0.15, 0.2) is 0 Å². The van der Waals surface area contributed by atoms with Crippen molar-refractivity contribution >= 4 is 17.7 Å². The van der Waals surface area contributed by atoms with E-state index in [0.29, 0.717) is 5.56 Å². The number of para-hydroxylation sites is 1. The minimum Gasteiger partial charge on any atom is -0.478 e. The van der Waals surface area contributed by atoms with Crippen LogP contribution in [0.2, 0.25) is 0 Å². The zero-order valence-corrected chi connectivity index (χ0v) is 17.3. The molecule has 0 saturated carbocycles. The fourth-order valence-corrected chi connectivity index (χ4v) is 4.89. The topological polar surface area (TPSA) is 55.1 Å². The normalized spacial score (nSPS) is 12.3. The number of thioether (sulfide) groups is 1. The Balaban J connectivity index is 1.80. The lowest BCUT2D eigenvalue weighted by atomic mass is 9.82. The van der Waals surface area contributed by atoms with Crippen molar-refractivity contribution < 1.29 is 9.90 Å². The van der Waals surface area contributed by atoms with E-state index in [4.69, 9.17) is 5.10 Å². The first kappa shape index (κ1) is 18.7. The van der Waals surface area contributed by atoms with Crippen LogP contribution >= 0.6 is 11.8 Å². The lowest BCUT2D eigenvalue weighted by Gasteiger charge is -2.23. The number of aromatic carboxylic acids is 1. The van der Waals surface area contributed by atoms with E-state index < -0.39 is 5.97 Å². The summed E-state index contributed by atoms with van der Waals surface area (Å²) in [6, 6.07) is 22.2. The summed E-state index contributed by atoms with van der Waals surface area (Å²) in [6.07, 6.45) is 5.47. The van der Waals surface area contributed by atoms with E-state index >= 15 is 0 Å². The fraction of sp³-hybridized carbons (Fsp3) is 0.120. The van der Waals surface area contributed by atoms with Gasteiger partial charge in [-0.3, -0.25) is 0 Å². The molecule has 0 spiro atoms. The van der Waals surface area contributed by atoms with Gasteiger partial charge in [-0.2, -0.15) is 5.10 Å². The zero-order valence-electron chi connectivity index (χ0n) is 16.5. The number of benzene rings is 3. The molecule has 4 aromatic rings. The molecular formula is C25H20N2O2S. The summed E-state index contributed by atoms with van der Waals surface area (Å²) < 4.78 is 1.86. The summed E-state index contributed by atoms with van der Waals surface area (Å²) in [5.41, 5.74) is 7.35. The van der Waals surface area contributed by atoms with Gasteiger partial charge in [-0.05, 0) is 54.0 Å². The van der Waals surface area contributed by atoms with E-state index in [-0.39, 0.29) is 0 Å². The van der Waals surface area contributed by atoms with Crippen LogP contribution in [0, 0.1) is 0 Å². The largest absolute Gasteiger partial charge is 0.478 e. The lowest BCUT2D eigenvalue weighted by Crippen LogP contribution is -2.12. The van der Waals surface area contributed by atoms with E-state index in [9.17, 15) is 9.90 Å². The Morgan fingerprint density at radius 3 is 2.37 bits per heavy atom. The van der Waals surface area contributed by atoms with Gasteiger partial charge in [0.2, 0.25) is 0 Å². The maximum Gasteiger partial charge on any atom is 0.337 e. The molecule has 0 saturated heterocycles. The van der Waals surface area contributed by atoms with Gasteiger partial charge in [0.05, 0.1) is 16.9 Å². The fourth-order valence-electron chi connectivity index (χ4n) is 4.26. The standard InChI is InChI=1S/C25H20N2O2S/c1-30-22-14-19(16-8-4-2-5-9-16)18-12-13-21-20(23(18)24(22)25(28)29)15-27(26-21)17-10-6-3-7-11-17/h2-11,14-15H,12-13H2,1H3,(H,28,29). The van der Waals surface area contributed by atoms with Crippen LogP contribution < -0.4 is 0 Å². The lowest BCUT2D eigenvalue weighted by molar-refractivity contribution is 0.0694. The second-order valence-corrected chi connectivity index (χ2v) is 8.14. The SMILES string of the molecule is CSc1cc(-c2ccccc2)c2c(c1C(=O)O)-c1cn(-c3ccccc3)nc1CC2. The molecule has 4 nitrogen and oxygen atoms in total. The number of rotatable bonds is 4. The van der Waals surface area contributed by atoms with Crippen LogP contribution in [0.15, 0.2) is 77.8 Å². The average molecular weight is 413 g/mol. The van der Waals surface area contributed by atoms with Crippen molar-refractivity contribution in [1.29, 1.82) is 0 Å². The molecule has 0 fully saturated rings. The van der Waals surface area contributed by atoms with Crippen molar-refractivity contribution in [3.05, 3.63) is 89.7 Å². The van der Waals surface area contributed by atoms with Crippen LogP contribution in [0.1, 0.15) is 21.6 Å². The van der Waals surface area contributed by atoms with Gasteiger partial charge in [-0.1, -0.05) is 48.5 Å². The van der Waals surface area contributed by atoms with Gasteiger partial charge in [-0.25, -0.2) is 9.48 Å². The minimum atomic E-state index is -0.893. The summed E-state index contributed by atoms with van der Waals surface area (Å²) in [7, 11) is 0. The van der Waals surface area contributed by atoms with E-state index in [0.717, 1.165) is 56.9 Å². The van der Waals surface area contributed by atoms with Crippen molar-refractivity contribution in [3.8, 4) is 27.9 Å². The number of fused-ring (bicyclic) bond motifs is 3.